The molecule has 3 rings (SSSR count). The zero-order valence-corrected chi connectivity index (χ0v) is 16.3. The minimum absolute atomic E-state index is 0.246. The number of imide groups is 1. The maximum absolute atomic E-state index is 12.4. The van der Waals surface area contributed by atoms with Crippen molar-refractivity contribution in [2.24, 2.45) is 0 Å². The van der Waals surface area contributed by atoms with Crippen LogP contribution in [-0.4, -0.2) is 55.3 Å². The molecule has 1 N–H and O–H groups in total. The van der Waals surface area contributed by atoms with Crippen molar-refractivity contribution >= 4 is 35.1 Å². The molecule has 3 amide bonds. The molecule has 29 heavy (non-hydrogen) atoms. The number of amides is 3. The first kappa shape index (κ1) is 20.1. The lowest BCUT2D eigenvalue weighted by Gasteiger charge is -2.20. The minimum atomic E-state index is -1.14. The molecule has 1 aliphatic rings. The molecule has 0 saturated heterocycles. The number of hydrogen-bond donors (Lipinski definition) is 1. The molecule has 1 aliphatic heterocycles. The molecule has 0 radical (unpaired) electrons. The highest BCUT2D eigenvalue weighted by atomic mass is 16.5. The number of carbonyl (C=O) groups is 4. The number of esters is 1. The van der Waals surface area contributed by atoms with Crippen LogP contribution in [0.2, 0.25) is 0 Å². The Labute approximate surface area is 168 Å². The fourth-order valence-electron chi connectivity index (χ4n) is 2.96. The quantitative estimate of drug-likeness (QED) is 0.593. The second kappa shape index (κ2) is 8.14. The zero-order chi connectivity index (χ0) is 21.1. The number of hydrogen-bond acceptors (Lipinski definition) is 6. The standard InChI is InChI=1S/C21H21N3O5/c1-13(24-19(26)16-6-4-5-7-17(16)20(24)27)21(28)29-12-18(25)22-14-8-10-15(11-9-14)23(2)3/h4-11,13H,12H2,1-3H3,(H,22,25)/t13-/m1/s1. The summed E-state index contributed by atoms with van der Waals surface area (Å²) in [5.74, 6) is -2.47. The number of benzene rings is 2. The molecule has 8 nitrogen and oxygen atoms in total. The smallest absolute Gasteiger partial charge is 0.329 e. The summed E-state index contributed by atoms with van der Waals surface area (Å²) in [6.07, 6.45) is 0. The fraction of sp³-hybridized carbons (Fsp3) is 0.238. The topological polar surface area (TPSA) is 96.0 Å². The molecular formula is C21H21N3O5. The largest absolute Gasteiger partial charge is 0.454 e. The van der Waals surface area contributed by atoms with Gasteiger partial charge in [-0.25, -0.2) is 4.79 Å². The Bertz CT molecular complexity index is 934. The number of carbonyl (C=O) groups excluding carboxylic acids is 4. The van der Waals surface area contributed by atoms with E-state index in [2.05, 4.69) is 5.32 Å². The van der Waals surface area contributed by atoms with Gasteiger partial charge in [-0.15, -0.1) is 0 Å². The van der Waals surface area contributed by atoms with Gasteiger partial charge in [0, 0.05) is 25.5 Å². The lowest BCUT2D eigenvalue weighted by Crippen LogP contribution is -2.44. The highest BCUT2D eigenvalue weighted by molar-refractivity contribution is 6.22. The van der Waals surface area contributed by atoms with E-state index in [9.17, 15) is 19.2 Å². The maximum Gasteiger partial charge on any atom is 0.329 e. The molecule has 0 fully saturated rings. The molecule has 0 aliphatic carbocycles. The van der Waals surface area contributed by atoms with Gasteiger partial charge in [-0.1, -0.05) is 12.1 Å². The Morgan fingerprint density at radius 1 is 1.00 bits per heavy atom. The van der Waals surface area contributed by atoms with E-state index in [0.29, 0.717) is 5.69 Å². The summed E-state index contributed by atoms with van der Waals surface area (Å²) in [5.41, 5.74) is 2.03. The van der Waals surface area contributed by atoms with Gasteiger partial charge in [0.25, 0.3) is 17.7 Å². The van der Waals surface area contributed by atoms with Crippen LogP contribution in [0, 0.1) is 0 Å². The average Bonchev–Trinajstić information content (AvgIpc) is 2.96. The van der Waals surface area contributed by atoms with E-state index >= 15 is 0 Å². The van der Waals surface area contributed by atoms with Crippen molar-refractivity contribution in [2.45, 2.75) is 13.0 Å². The molecule has 0 saturated carbocycles. The summed E-state index contributed by atoms with van der Waals surface area (Å²) in [6.45, 7) is 0.865. The van der Waals surface area contributed by atoms with Crippen LogP contribution in [0.4, 0.5) is 11.4 Å². The number of fused-ring (bicyclic) bond motifs is 1. The van der Waals surface area contributed by atoms with E-state index in [0.717, 1.165) is 10.6 Å². The van der Waals surface area contributed by atoms with Gasteiger partial charge in [0.1, 0.15) is 6.04 Å². The van der Waals surface area contributed by atoms with Gasteiger partial charge in [-0.3, -0.25) is 19.3 Å². The SMILES string of the molecule is C[C@H](C(=O)OCC(=O)Nc1ccc(N(C)C)cc1)N1C(=O)c2ccccc2C1=O. The van der Waals surface area contributed by atoms with Crippen molar-refractivity contribution < 1.29 is 23.9 Å². The van der Waals surface area contributed by atoms with E-state index < -0.39 is 36.3 Å². The zero-order valence-electron chi connectivity index (χ0n) is 16.3. The predicted octanol–water partition coefficient (Wildman–Crippen LogP) is 1.92. The summed E-state index contributed by atoms with van der Waals surface area (Å²) < 4.78 is 5.00. The third-order valence-corrected chi connectivity index (χ3v) is 4.57. The molecular weight excluding hydrogens is 374 g/mol. The molecule has 0 aromatic heterocycles. The molecule has 150 valence electrons. The van der Waals surface area contributed by atoms with Gasteiger partial charge in [0.05, 0.1) is 11.1 Å². The van der Waals surface area contributed by atoms with E-state index in [1.165, 1.54) is 19.1 Å². The second-order valence-electron chi connectivity index (χ2n) is 6.80. The third-order valence-electron chi connectivity index (χ3n) is 4.57. The molecule has 8 heteroatoms. The number of nitrogens with zero attached hydrogens (tertiary/aromatic N) is 2. The highest BCUT2D eigenvalue weighted by Gasteiger charge is 2.41. The number of anilines is 2. The highest BCUT2D eigenvalue weighted by Crippen LogP contribution is 2.24. The lowest BCUT2D eigenvalue weighted by molar-refractivity contribution is -0.150. The van der Waals surface area contributed by atoms with Crippen molar-refractivity contribution in [3.8, 4) is 0 Å². The van der Waals surface area contributed by atoms with Crippen LogP contribution in [0.25, 0.3) is 0 Å². The fourth-order valence-corrected chi connectivity index (χ4v) is 2.96. The van der Waals surface area contributed by atoms with E-state index in [1.807, 2.05) is 31.1 Å². The van der Waals surface area contributed by atoms with Gasteiger partial charge < -0.3 is 15.0 Å². The molecule has 0 spiro atoms. The first-order valence-electron chi connectivity index (χ1n) is 9.00. The van der Waals surface area contributed by atoms with Crippen LogP contribution in [-0.2, 0) is 14.3 Å². The van der Waals surface area contributed by atoms with Crippen molar-refractivity contribution in [3.05, 3.63) is 59.7 Å². The summed E-state index contributed by atoms with van der Waals surface area (Å²) in [4.78, 5) is 52.0. The molecule has 0 bridgehead atoms. The minimum Gasteiger partial charge on any atom is -0.454 e. The number of ether oxygens (including phenoxy) is 1. The Hall–Kier alpha value is -3.68. The predicted molar refractivity (Wildman–Crippen MR) is 107 cm³/mol. The van der Waals surface area contributed by atoms with Gasteiger partial charge in [0.2, 0.25) is 0 Å². The van der Waals surface area contributed by atoms with Crippen molar-refractivity contribution in [1.82, 2.24) is 4.90 Å². The van der Waals surface area contributed by atoms with Gasteiger partial charge >= 0.3 is 5.97 Å². The van der Waals surface area contributed by atoms with Crippen LogP contribution in [0.5, 0.6) is 0 Å². The molecule has 2 aromatic carbocycles. The van der Waals surface area contributed by atoms with Crippen molar-refractivity contribution in [3.63, 3.8) is 0 Å². The number of nitrogens with one attached hydrogen (secondary N) is 1. The summed E-state index contributed by atoms with van der Waals surface area (Å²) >= 11 is 0. The van der Waals surface area contributed by atoms with Crippen LogP contribution < -0.4 is 10.2 Å². The monoisotopic (exact) mass is 395 g/mol. The Kier molecular flexibility index (Phi) is 5.63. The number of rotatable bonds is 6. The third kappa shape index (κ3) is 4.11. The van der Waals surface area contributed by atoms with Crippen LogP contribution >= 0.6 is 0 Å². The molecule has 1 heterocycles. The second-order valence-corrected chi connectivity index (χ2v) is 6.80. The van der Waals surface area contributed by atoms with Gasteiger partial charge in [-0.2, -0.15) is 0 Å². The van der Waals surface area contributed by atoms with Crippen LogP contribution in [0.15, 0.2) is 48.5 Å². The first-order chi connectivity index (χ1) is 13.8. The van der Waals surface area contributed by atoms with Crippen LogP contribution in [0.3, 0.4) is 0 Å². The van der Waals surface area contributed by atoms with E-state index in [4.69, 9.17) is 4.74 Å². The Balaban J connectivity index is 1.56. The lowest BCUT2D eigenvalue weighted by atomic mass is 10.1. The summed E-state index contributed by atoms with van der Waals surface area (Å²) in [5, 5.41) is 2.62. The van der Waals surface area contributed by atoms with Gasteiger partial charge in [-0.05, 0) is 43.3 Å². The molecule has 0 unspecified atom stereocenters. The van der Waals surface area contributed by atoms with E-state index in [1.54, 1.807) is 24.3 Å². The van der Waals surface area contributed by atoms with Crippen molar-refractivity contribution in [1.29, 1.82) is 0 Å². The first-order valence-corrected chi connectivity index (χ1v) is 9.00. The van der Waals surface area contributed by atoms with Crippen LogP contribution in [0.1, 0.15) is 27.6 Å². The molecule has 1 atom stereocenters. The van der Waals surface area contributed by atoms with Gasteiger partial charge in [0.15, 0.2) is 6.61 Å². The normalized spacial score (nSPS) is 13.7. The maximum atomic E-state index is 12.4. The summed E-state index contributed by atoms with van der Waals surface area (Å²) in [7, 11) is 3.81. The Morgan fingerprint density at radius 3 is 2.07 bits per heavy atom. The Morgan fingerprint density at radius 2 is 1.55 bits per heavy atom. The summed E-state index contributed by atoms with van der Waals surface area (Å²) in [6, 6.07) is 12.4. The van der Waals surface area contributed by atoms with Crippen molar-refractivity contribution in [2.75, 3.05) is 30.9 Å². The average molecular weight is 395 g/mol. The van der Waals surface area contributed by atoms with E-state index in [-0.39, 0.29) is 11.1 Å². The molecule has 2 aromatic rings.